The van der Waals surface area contributed by atoms with E-state index in [0.29, 0.717) is 18.0 Å². The molecule has 1 aromatic carbocycles. The number of ether oxygens (including phenoxy) is 1. The molecular weight excluding hydrogens is 386 g/mol. The molecule has 7 heteroatoms. The number of aliphatic imine (C=N–C) groups is 1. The van der Waals surface area contributed by atoms with E-state index in [-0.39, 0.29) is 24.3 Å². The summed E-state index contributed by atoms with van der Waals surface area (Å²) in [5.41, 5.74) is 4.23. The van der Waals surface area contributed by atoms with Crippen LogP contribution >= 0.6 is 11.8 Å². The maximum absolute atomic E-state index is 12.8. The van der Waals surface area contributed by atoms with Gasteiger partial charge in [0.25, 0.3) is 0 Å². The molecule has 0 spiro atoms. The van der Waals surface area contributed by atoms with Crippen molar-refractivity contribution in [1.29, 1.82) is 0 Å². The zero-order valence-corrected chi connectivity index (χ0v) is 17.7. The van der Waals surface area contributed by atoms with Crippen LogP contribution in [-0.4, -0.2) is 35.1 Å². The molecular formula is C22H25N3O3S. The third-order valence-electron chi connectivity index (χ3n) is 5.40. The molecule has 2 heterocycles. The Bertz CT molecular complexity index is 946. The van der Waals surface area contributed by atoms with E-state index in [2.05, 4.69) is 5.32 Å². The van der Waals surface area contributed by atoms with Crippen molar-refractivity contribution >= 4 is 28.8 Å². The normalized spacial score (nSPS) is 20.8. The number of carbonyl (C=O) groups is 2. The number of aryl methyl sites for hydroxylation is 1. The van der Waals surface area contributed by atoms with Crippen LogP contribution in [0.3, 0.4) is 0 Å². The van der Waals surface area contributed by atoms with E-state index >= 15 is 0 Å². The van der Waals surface area contributed by atoms with Crippen LogP contribution in [0, 0.1) is 6.92 Å². The van der Waals surface area contributed by atoms with Crippen LogP contribution in [-0.2, 0) is 14.3 Å². The second-order valence-electron chi connectivity index (χ2n) is 7.47. The van der Waals surface area contributed by atoms with E-state index < -0.39 is 0 Å². The molecule has 0 aromatic heterocycles. The van der Waals surface area contributed by atoms with Crippen molar-refractivity contribution < 1.29 is 14.3 Å². The van der Waals surface area contributed by atoms with Crippen molar-refractivity contribution in [3.63, 3.8) is 0 Å². The number of esters is 1. The van der Waals surface area contributed by atoms with E-state index in [1.54, 1.807) is 0 Å². The van der Waals surface area contributed by atoms with E-state index in [1.165, 1.54) is 18.9 Å². The Balaban J connectivity index is 1.76. The zero-order valence-electron chi connectivity index (χ0n) is 16.9. The van der Waals surface area contributed by atoms with Gasteiger partial charge in [-0.3, -0.25) is 4.79 Å². The molecule has 2 aliphatic heterocycles. The number of carbonyl (C=O) groups excluding carboxylic acids is 2. The predicted octanol–water partition coefficient (Wildman–Crippen LogP) is 3.80. The number of methoxy groups -OCH3 is 1. The van der Waals surface area contributed by atoms with Crippen LogP contribution < -0.4 is 5.32 Å². The van der Waals surface area contributed by atoms with Gasteiger partial charge in [0.2, 0.25) is 5.91 Å². The smallest absolute Gasteiger partial charge is 0.338 e. The molecule has 1 amide bonds. The predicted molar refractivity (Wildman–Crippen MR) is 114 cm³/mol. The average Bonchev–Trinajstić information content (AvgIpc) is 3.45. The number of hydrogen-bond donors (Lipinski definition) is 1. The topological polar surface area (TPSA) is 71.0 Å². The Hall–Kier alpha value is -2.54. The van der Waals surface area contributed by atoms with Gasteiger partial charge in [0, 0.05) is 11.7 Å². The number of rotatable bonds is 6. The summed E-state index contributed by atoms with van der Waals surface area (Å²) in [5.74, 6) is -0.370. The number of nitrogens with one attached hydrogen (secondary N) is 1. The minimum atomic E-state index is -0.378. The van der Waals surface area contributed by atoms with Crippen LogP contribution in [0.4, 0.5) is 0 Å². The number of amidine groups is 1. The molecule has 6 nitrogen and oxygen atoms in total. The first-order valence-electron chi connectivity index (χ1n) is 9.93. The Labute approximate surface area is 175 Å². The second-order valence-corrected chi connectivity index (χ2v) is 8.31. The fourth-order valence-electron chi connectivity index (χ4n) is 3.77. The number of amides is 1. The number of fused-ring (bicyclic) bond motifs is 1. The lowest BCUT2D eigenvalue weighted by atomic mass is 9.90. The highest BCUT2D eigenvalue weighted by molar-refractivity contribution is 8.16. The van der Waals surface area contributed by atoms with Crippen molar-refractivity contribution in [2.75, 3.05) is 7.11 Å². The lowest BCUT2D eigenvalue weighted by molar-refractivity contribution is -0.136. The van der Waals surface area contributed by atoms with Gasteiger partial charge in [0.05, 0.1) is 30.8 Å². The molecule has 0 bridgehead atoms. The summed E-state index contributed by atoms with van der Waals surface area (Å²) in [6.45, 7) is 4.03. The molecule has 1 aromatic rings. The summed E-state index contributed by atoms with van der Waals surface area (Å²) >= 11 is 1.50. The van der Waals surface area contributed by atoms with Crippen LogP contribution in [0.2, 0.25) is 0 Å². The second kappa shape index (κ2) is 8.06. The first-order valence-corrected chi connectivity index (χ1v) is 10.8. The fourth-order valence-corrected chi connectivity index (χ4v) is 4.71. The molecule has 1 atom stereocenters. The van der Waals surface area contributed by atoms with Crippen molar-refractivity contribution in [3.05, 3.63) is 57.8 Å². The Morgan fingerprint density at radius 3 is 2.72 bits per heavy atom. The quantitative estimate of drug-likeness (QED) is 0.721. The highest BCUT2D eigenvalue weighted by Crippen LogP contribution is 2.46. The van der Waals surface area contributed by atoms with Crippen LogP contribution in [0.25, 0.3) is 0 Å². The van der Waals surface area contributed by atoms with Gasteiger partial charge in [-0.25, -0.2) is 9.79 Å². The van der Waals surface area contributed by atoms with Crippen LogP contribution in [0.5, 0.6) is 0 Å². The first-order chi connectivity index (χ1) is 14.0. The average molecular weight is 412 g/mol. The molecule has 1 saturated carbocycles. The number of thioether (sulfide) groups is 1. The zero-order chi connectivity index (χ0) is 20.5. The van der Waals surface area contributed by atoms with Gasteiger partial charge in [-0.05, 0) is 42.7 Å². The van der Waals surface area contributed by atoms with E-state index in [4.69, 9.17) is 9.73 Å². The molecule has 29 heavy (non-hydrogen) atoms. The van der Waals surface area contributed by atoms with E-state index in [0.717, 1.165) is 40.5 Å². The van der Waals surface area contributed by atoms with Crippen LogP contribution in [0.15, 0.2) is 51.6 Å². The van der Waals surface area contributed by atoms with Gasteiger partial charge in [-0.2, -0.15) is 0 Å². The van der Waals surface area contributed by atoms with E-state index in [9.17, 15) is 9.59 Å². The highest BCUT2D eigenvalue weighted by atomic mass is 32.2. The molecule has 152 valence electrons. The molecule has 1 unspecified atom stereocenters. The van der Waals surface area contributed by atoms with Crippen molar-refractivity contribution in [2.24, 2.45) is 4.99 Å². The summed E-state index contributed by atoms with van der Waals surface area (Å²) < 4.78 is 5.14. The number of hydrogen-bond acceptors (Lipinski definition) is 6. The number of nitrogens with zero attached hydrogens (tertiary/aromatic N) is 2. The maximum Gasteiger partial charge on any atom is 0.338 e. The Kier molecular flexibility index (Phi) is 5.50. The standard InChI is InChI=1S/C22H25N3O3S/c1-4-17-19(21(27)28-3)20(16-8-6-5-7-13(16)2)25-15(12-29-22(25)24-17)11-18(26)23-14-9-10-14/h5-8,12,14,20H,4,9-11H2,1-3H3,(H,23,26). The summed E-state index contributed by atoms with van der Waals surface area (Å²) in [5, 5.41) is 5.83. The lowest BCUT2D eigenvalue weighted by Gasteiger charge is -2.37. The molecule has 1 aliphatic carbocycles. The van der Waals surface area contributed by atoms with Crippen molar-refractivity contribution in [3.8, 4) is 0 Å². The van der Waals surface area contributed by atoms with Crippen molar-refractivity contribution in [1.82, 2.24) is 10.2 Å². The van der Waals surface area contributed by atoms with Gasteiger partial charge >= 0.3 is 5.97 Å². The number of allylic oxidation sites excluding steroid dienone is 1. The molecule has 3 aliphatic rings. The van der Waals surface area contributed by atoms with Gasteiger partial charge in [-0.15, -0.1) is 0 Å². The molecule has 0 saturated heterocycles. The maximum atomic E-state index is 12.8. The molecule has 4 rings (SSSR count). The third kappa shape index (κ3) is 3.83. The fraction of sp³-hybridized carbons (Fsp3) is 0.409. The summed E-state index contributed by atoms with van der Waals surface area (Å²) in [6.07, 6.45) is 3.00. The monoisotopic (exact) mass is 411 g/mol. The minimum Gasteiger partial charge on any atom is -0.466 e. The van der Waals surface area contributed by atoms with Gasteiger partial charge in [0.15, 0.2) is 5.17 Å². The summed E-state index contributed by atoms with van der Waals surface area (Å²) in [7, 11) is 1.40. The summed E-state index contributed by atoms with van der Waals surface area (Å²) in [4.78, 5) is 32.1. The van der Waals surface area contributed by atoms with Crippen LogP contribution in [0.1, 0.15) is 49.8 Å². The van der Waals surface area contributed by atoms with E-state index in [1.807, 2.05) is 48.4 Å². The third-order valence-corrected chi connectivity index (χ3v) is 6.29. The van der Waals surface area contributed by atoms with Gasteiger partial charge in [0.1, 0.15) is 0 Å². The molecule has 0 radical (unpaired) electrons. The lowest BCUT2D eigenvalue weighted by Crippen LogP contribution is -2.38. The summed E-state index contributed by atoms with van der Waals surface area (Å²) in [6, 6.07) is 7.98. The molecule has 1 N–H and O–H groups in total. The number of benzene rings is 1. The highest BCUT2D eigenvalue weighted by Gasteiger charge is 2.42. The Morgan fingerprint density at radius 2 is 2.07 bits per heavy atom. The van der Waals surface area contributed by atoms with Gasteiger partial charge < -0.3 is 15.0 Å². The van der Waals surface area contributed by atoms with Gasteiger partial charge in [-0.1, -0.05) is 43.0 Å². The first kappa shape index (κ1) is 19.8. The SMILES string of the molecule is CCC1=C(C(=O)OC)C(c2ccccc2C)N2C(CC(=O)NC3CC3)=CSC2=N1. The Morgan fingerprint density at radius 1 is 1.31 bits per heavy atom. The minimum absolute atomic E-state index is 0.00835. The molecule has 1 fully saturated rings. The van der Waals surface area contributed by atoms with Crippen molar-refractivity contribution in [2.45, 2.75) is 51.6 Å². The largest absolute Gasteiger partial charge is 0.466 e.